The lowest BCUT2D eigenvalue weighted by molar-refractivity contribution is -0.137. The number of carbonyl (C=O) groups is 1. The molecule has 1 fully saturated rings. The summed E-state index contributed by atoms with van der Waals surface area (Å²) in [5.41, 5.74) is 4.32. The van der Waals surface area contributed by atoms with Gasteiger partial charge in [-0.05, 0) is 55.1 Å². The van der Waals surface area contributed by atoms with Crippen LogP contribution in [0, 0.1) is 12.3 Å². The molecule has 0 aromatic heterocycles. The van der Waals surface area contributed by atoms with E-state index in [-0.39, 0.29) is 11.4 Å². The second-order valence-corrected chi connectivity index (χ2v) is 6.79. The van der Waals surface area contributed by atoms with Crippen molar-refractivity contribution in [2.45, 2.75) is 58.8 Å². The monoisotopic (exact) mass is 284 g/mol. The Labute approximate surface area is 127 Å². The van der Waals surface area contributed by atoms with Gasteiger partial charge >= 0.3 is 5.97 Å². The molecule has 2 nitrogen and oxygen atoms in total. The normalized spacial score (nSPS) is 28.4. The van der Waals surface area contributed by atoms with Gasteiger partial charge in [-0.1, -0.05) is 36.8 Å². The molecule has 21 heavy (non-hydrogen) atoms. The summed E-state index contributed by atoms with van der Waals surface area (Å²) in [4.78, 5) is 11.3. The topological polar surface area (TPSA) is 26.3 Å². The molecule has 2 atom stereocenters. The number of esters is 1. The Morgan fingerprint density at radius 2 is 1.86 bits per heavy atom. The van der Waals surface area contributed by atoms with Gasteiger partial charge in [0, 0.05) is 13.3 Å². The second-order valence-electron chi connectivity index (χ2n) is 6.79. The van der Waals surface area contributed by atoms with Gasteiger partial charge < -0.3 is 4.74 Å². The van der Waals surface area contributed by atoms with E-state index in [1.54, 1.807) is 0 Å². The zero-order chi connectivity index (χ0) is 15.0. The Kier molecular flexibility index (Phi) is 3.64. The van der Waals surface area contributed by atoms with Crippen LogP contribution in [-0.2, 0) is 9.53 Å². The fourth-order valence-corrected chi connectivity index (χ4v) is 3.75. The number of aryl methyl sites for hydroxylation is 1. The van der Waals surface area contributed by atoms with Crippen molar-refractivity contribution in [2.24, 2.45) is 5.41 Å². The van der Waals surface area contributed by atoms with Crippen molar-refractivity contribution >= 4 is 5.97 Å². The van der Waals surface area contributed by atoms with Crippen LogP contribution in [0.25, 0.3) is 0 Å². The maximum atomic E-state index is 11.3. The predicted octanol–water partition coefficient (Wildman–Crippen LogP) is 4.88. The first-order chi connectivity index (χ1) is 10.0. The van der Waals surface area contributed by atoms with Crippen LogP contribution in [0.15, 0.2) is 35.6 Å². The molecule has 2 aliphatic carbocycles. The Bertz CT molecular complexity index is 582. The van der Waals surface area contributed by atoms with E-state index < -0.39 is 0 Å². The molecule has 3 rings (SSSR count). The lowest BCUT2D eigenvalue weighted by Gasteiger charge is -2.25. The third-order valence-corrected chi connectivity index (χ3v) is 5.09. The fourth-order valence-electron chi connectivity index (χ4n) is 3.75. The van der Waals surface area contributed by atoms with Crippen molar-refractivity contribution in [1.82, 2.24) is 0 Å². The van der Waals surface area contributed by atoms with Crippen molar-refractivity contribution in [3.8, 4) is 0 Å². The first-order valence-electron chi connectivity index (χ1n) is 7.98. The Balaban J connectivity index is 1.86. The largest absolute Gasteiger partial charge is 0.431 e. The van der Waals surface area contributed by atoms with E-state index in [1.165, 1.54) is 36.5 Å². The summed E-state index contributed by atoms with van der Waals surface area (Å²) in [6, 6.07) is 8.88. The molecule has 1 saturated carbocycles. The van der Waals surface area contributed by atoms with Crippen LogP contribution in [0.3, 0.4) is 0 Å². The molecular weight excluding hydrogens is 260 g/mol. The van der Waals surface area contributed by atoms with Crippen LogP contribution < -0.4 is 0 Å². The highest BCUT2D eigenvalue weighted by Gasteiger charge is 2.54. The average molecular weight is 284 g/mol. The maximum absolute atomic E-state index is 11.3. The summed E-state index contributed by atoms with van der Waals surface area (Å²) in [5.74, 6) is 1.36. The van der Waals surface area contributed by atoms with Gasteiger partial charge in [0.25, 0.3) is 0 Å². The molecule has 1 aromatic rings. The van der Waals surface area contributed by atoms with Crippen molar-refractivity contribution in [3.63, 3.8) is 0 Å². The standard InChI is InChI=1S/C19H24O2/c1-13-8-10-15(11-9-13)17-12-19(17,3)16-6-4-5-7-18(16)21-14(2)20/h8-11,17H,4-7,12H2,1-3H3/t17-,19-/m0/s1. The van der Waals surface area contributed by atoms with E-state index in [2.05, 4.69) is 38.1 Å². The molecule has 0 bridgehead atoms. The third kappa shape index (κ3) is 2.76. The van der Waals surface area contributed by atoms with Crippen LogP contribution in [0.2, 0.25) is 0 Å². The molecule has 2 aliphatic rings. The van der Waals surface area contributed by atoms with Crippen LogP contribution in [0.4, 0.5) is 0 Å². The third-order valence-electron chi connectivity index (χ3n) is 5.09. The van der Waals surface area contributed by atoms with Gasteiger partial charge in [-0.15, -0.1) is 0 Å². The molecule has 0 amide bonds. The molecule has 0 spiro atoms. The zero-order valence-corrected chi connectivity index (χ0v) is 13.2. The molecule has 2 heteroatoms. The number of hydrogen-bond donors (Lipinski definition) is 0. The lowest BCUT2D eigenvalue weighted by Crippen LogP contribution is -2.14. The molecule has 0 saturated heterocycles. The molecule has 0 radical (unpaired) electrons. The number of ether oxygens (including phenoxy) is 1. The highest BCUT2D eigenvalue weighted by molar-refractivity contribution is 5.67. The minimum absolute atomic E-state index is 0.180. The number of hydrogen-bond acceptors (Lipinski definition) is 2. The van der Waals surface area contributed by atoms with E-state index in [4.69, 9.17) is 4.74 Å². The smallest absolute Gasteiger partial charge is 0.307 e. The molecule has 0 N–H and O–H groups in total. The first kappa shape index (κ1) is 14.4. The van der Waals surface area contributed by atoms with Gasteiger partial charge in [0.15, 0.2) is 0 Å². The zero-order valence-electron chi connectivity index (χ0n) is 13.2. The Morgan fingerprint density at radius 3 is 2.52 bits per heavy atom. The summed E-state index contributed by atoms with van der Waals surface area (Å²) in [7, 11) is 0. The van der Waals surface area contributed by atoms with Crippen molar-refractivity contribution in [3.05, 3.63) is 46.7 Å². The number of benzene rings is 1. The van der Waals surface area contributed by atoms with Crippen LogP contribution in [0.5, 0.6) is 0 Å². The van der Waals surface area contributed by atoms with Crippen LogP contribution in [0.1, 0.15) is 63.0 Å². The van der Waals surface area contributed by atoms with Gasteiger partial charge in [-0.25, -0.2) is 0 Å². The van der Waals surface area contributed by atoms with Gasteiger partial charge in [-0.2, -0.15) is 0 Å². The predicted molar refractivity (Wildman–Crippen MR) is 83.9 cm³/mol. The molecule has 0 unspecified atom stereocenters. The molecule has 0 aliphatic heterocycles. The minimum Gasteiger partial charge on any atom is -0.431 e. The summed E-state index contributed by atoms with van der Waals surface area (Å²) in [6.45, 7) is 5.96. The SMILES string of the molecule is CC(=O)OC1=C([C@]2(C)C[C@H]2c2ccc(C)cc2)CCCC1. The summed E-state index contributed by atoms with van der Waals surface area (Å²) in [6.07, 6.45) is 5.54. The van der Waals surface area contributed by atoms with Crippen molar-refractivity contribution < 1.29 is 9.53 Å². The van der Waals surface area contributed by atoms with Gasteiger partial charge in [0.1, 0.15) is 5.76 Å². The van der Waals surface area contributed by atoms with E-state index in [0.29, 0.717) is 5.92 Å². The number of allylic oxidation sites excluding steroid dienone is 2. The van der Waals surface area contributed by atoms with Crippen LogP contribution in [-0.4, -0.2) is 5.97 Å². The highest BCUT2D eigenvalue weighted by Crippen LogP contribution is 2.65. The maximum Gasteiger partial charge on any atom is 0.307 e. The molecule has 1 aromatic carbocycles. The Morgan fingerprint density at radius 1 is 1.19 bits per heavy atom. The highest BCUT2D eigenvalue weighted by atomic mass is 16.5. The van der Waals surface area contributed by atoms with Crippen molar-refractivity contribution in [2.75, 3.05) is 0 Å². The molecule has 112 valence electrons. The van der Waals surface area contributed by atoms with Crippen molar-refractivity contribution in [1.29, 1.82) is 0 Å². The molecule has 0 heterocycles. The average Bonchev–Trinajstić information content (AvgIpc) is 3.13. The quantitative estimate of drug-likeness (QED) is 0.739. The molecular formula is C19H24O2. The van der Waals surface area contributed by atoms with Gasteiger partial charge in [-0.3, -0.25) is 4.79 Å². The first-order valence-corrected chi connectivity index (χ1v) is 7.98. The summed E-state index contributed by atoms with van der Waals surface area (Å²) >= 11 is 0. The van der Waals surface area contributed by atoms with Crippen LogP contribution >= 0.6 is 0 Å². The van der Waals surface area contributed by atoms with E-state index in [0.717, 1.165) is 25.0 Å². The fraction of sp³-hybridized carbons (Fsp3) is 0.526. The van der Waals surface area contributed by atoms with E-state index >= 15 is 0 Å². The van der Waals surface area contributed by atoms with E-state index in [1.807, 2.05) is 0 Å². The van der Waals surface area contributed by atoms with Gasteiger partial charge in [0.05, 0.1) is 0 Å². The number of carbonyl (C=O) groups excluding carboxylic acids is 1. The van der Waals surface area contributed by atoms with E-state index in [9.17, 15) is 4.79 Å². The Hall–Kier alpha value is -1.57. The summed E-state index contributed by atoms with van der Waals surface area (Å²) in [5, 5.41) is 0. The second kappa shape index (κ2) is 5.32. The lowest BCUT2D eigenvalue weighted by atomic mass is 9.84. The van der Waals surface area contributed by atoms with Gasteiger partial charge in [0.2, 0.25) is 0 Å². The summed E-state index contributed by atoms with van der Waals surface area (Å²) < 4.78 is 5.51. The minimum atomic E-state index is -0.180. The number of rotatable bonds is 3.